The van der Waals surface area contributed by atoms with Gasteiger partial charge in [-0.3, -0.25) is 20.0 Å². The van der Waals surface area contributed by atoms with Gasteiger partial charge in [0.05, 0.1) is 6.26 Å². The van der Waals surface area contributed by atoms with E-state index < -0.39 is 0 Å². The third kappa shape index (κ3) is 3.99. The Kier molecular flexibility index (Phi) is 4.70. The molecule has 0 aliphatic carbocycles. The third-order valence-corrected chi connectivity index (χ3v) is 3.30. The molecule has 0 saturated heterocycles. The molecule has 0 fully saturated rings. The molecule has 2 aromatic heterocycles. The van der Waals surface area contributed by atoms with Crippen molar-refractivity contribution >= 4 is 23.8 Å². The molecule has 0 unspecified atom stereocenters. The molecule has 3 N–H and O–H groups in total. The van der Waals surface area contributed by atoms with E-state index in [-0.39, 0.29) is 17.8 Å². The number of amides is 2. The van der Waals surface area contributed by atoms with Crippen LogP contribution in [0.5, 0.6) is 0 Å². The average molecular weight is 337 g/mol. The molecular formula is C17H15N5O3. The molecule has 0 aliphatic heterocycles. The molecule has 8 nitrogen and oxygen atoms in total. The van der Waals surface area contributed by atoms with Gasteiger partial charge in [-0.1, -0.05) is 12.1 Å². The van der Waals surface area contributed by atoms with Gasteiger partial charge in [0.25, 0.3) is 11.8 Å². The molecule has 1 aromatic carbocycles. The summed E-state index contributed by atoms with van der Waals surface area (Å²) in [5.41, 5.74) is 1.34. The highest BCUT2D eigenvalue weighted by Gasteiger charge is 2.09. The summed E-state index contributed by atoms with van der Waals surface area (Å²) in [6.45, 7) is 0. The van der Waals surface area contributed by atoms with Gasteiger partial charge in [0, 0.05) is 18.7 Å². The minimum Gasteiger partial charge on any atom is -0.461 e. The van der Waals surface area contributed by atoms with Crippen LogP contribution < -0.4 is 10.6 Å². The van der Waals surface area contributed by atoms with Gasteiger partial charge in [-0.15, -0.1) is 5.10 Å². The Labute approximate surface area is 143 Å². The first-order chi connectivity index (χ1) is 12.2. The highest BCUT2D eigenvalue weighted by atomic mass is 16.3. The van der Waals surface area contributed by atoms with Crippen molar-refractivity contribution < 1.29 is 14.0 Å². The molecular weight excluding hydrogens is 322 g/mol. The summed E-state index contributed by atoms with van der Waals surface area (Å²) in [6.07, 6.45) is 4.51. The number of aromatic nitrogens is 3. The molecule has 0 saturated carbocycles. The molecule has 0 spiro atoms. The lowest BCUT2D eigenvalue weighted by Crippen LogP contribution is -2.17. The van der Waals surface area contributed by atoms with Crippen LogP contribution in [0.4, 0.5) is 5.95 Å². The van der Waals surface area contributed by atoms with Crippen molar-refractivity contribution in [2.45, 2.75) is 0 Å². The van der Waals surface area contributed by atoms with E-state index >= 15 is 0 Å². The normalized spacial score (nSPS) is 10.8. The maximum atomic E-state index is 11.9. The van der Waals surface area contributed by atoms with Gasteiger partial charge in [-0.05, 0) is 35.9 Å². The molecule has 3 aromatic rings. The van der Waals surface area contributed by atoms with Crippen molar-refractivity contribution in [3.05, 3.63) is 59.9 Å². The topological polar surface area (TPSA) is 113 Å². The minimum atomic E-state index is -0.375. The Balaban J connectivity index is 1.60. The number of carbonyl (C=O) groups excluding carboxylic acids is 2. The van der Waals surface area contributed by atoms with Crippen molar-refractivity contribution in [3.8, 4) is 11.6 Å². The van der Waals surface area contributed by atoms with Crippen molar-refractivity contribution in [2.75, 3.05) is 12.4 Å². The summed E-state index contributed by atoms with van der Waals surface area (Å²) < 4.78 is 5.19. The zero-order valence-corrected chi connectivity index (χ0v) is 13.3. The number of furan rings is 1. The zero-order valence-electron chi connectivity index (χ0n) is 13.3. The monoisotopic (exact) mass is 337 g/mol. The summed E-state index contributed by atoms with van der Waals surface area (Å²) in [5.74, 6) is 0.565. The number of nitrogens with one attached hydrogen (secondary N) is 3. The van der Waals surface area contributed by atoms with Crippen molar-refractivity contribution in [3.63, 3.8) is 0 Å². The van der Waals surface area contributed by atoms with Gasteiger partial charge in [-0.25, -0.2) is 0 Å². The predicted molar refractivity (Wildman–Crippen MR) is 91.6 cm³/mol. The van der Waals surface area contributed by atoms with E-state index in [0.29, 0.717) is 17.1 Å². The summed E-state index contributed by atoms with van der Waals surface area (Å²) in [6, 6.07) is 10.3. The first kappa shape index (κ1) is 16.2. The molecule has 0 atom stereocenters. The number of hydrogen-bond donors (Lipinski definition) is 3. The van der Waals surface area contributed by atoms with Crippen LogP contribution in [0, 0.1) is 0 Å². The van der Waals surface area contributed by atoms with Gasteiger partial charge in [-0.2, -0.15) is 4.98 Å². The van der Waals surface area contributed by atoms with E-state index in [4.69, 9.17) is 4.42 Å². The van der Waals surface area contributed by atoms with Gasteiger partial charge in [0.2, 0.25) is 5.95 Å². The van der Waals surface area contributed by atoms with E-state index in [1.165, 1.54) is 12.3 Å². The number of rotatable bonds is 5. The number of anilines is 1. The second kappa shape index (κ2) is 7.26. The maximum absolute atomic E-state index is 11.9. The lowest BCUT2D eigenvalue weighted by Gasteiger charge is -2.00. The number of hydrogen-bond acceptors (Lipinski definition) is 5. The summed E-state index contributed by atoms with van der Waals surface area (Å²) >= 11 is 0. The lowest BCUT2D eigenvalue weighted by atomic mass is 10.1. The summed E-state index contributed by atoms with van der Waals surface area (Å²) in [5, 5.41) is 11.7. The first-order valence-electron chi connectivity index (χ1n) is 7.43. The van der Waals surface area contributed by atoms with Crippen LogP contribution in [0.25, 0.3) is 17.7 Å². The Morgan fingerprint density at radius 2 is 2.00 bits per heavy atom. The molecule has 2 amide bonds. The largest absolute Gasteiger partial charge is 0.461 e. The quantitative estimate of drug-likeness (QED) is 0.617. The second-order valence-electron chi connectivity index (χ2n) is 5.01. The van der Waals surface area contributed by atoms with Crippen LogP contribution in [0.2, 0.25) is 0 Å². The maximum Gasteiger partial charge on any atom is 0.251 e. The molecule has 3 rings (SSSR count). The van der Waals surface area contributed by atoms with Crippen LogP contribution in [-0.4, -0.2) is 34.0 Å². The van der Waals surface area contributed by atoms with E-state index in [0.717, 1.165) is 5.56 Å². The van der Waals surface area contributed by atoms with Crippen LogP contribution in [0.1, 0.15) is 15.9 Å². The number of benzene rings is 1. The fourth-order valence-corrected chi connectivity index (χ4v) is 2.05. The van der Waals surface area contributed by atoms with Crippen molar-refractivity contribution in [2.24, 2.45) is 0 Å². The van der Waals surface area contributed by atoms with Crippen LogP contribution in [0.3, 0.4) is 0 Å². The van der Waals surface area contributed by atoms with Crippen molar-refractivity contribution in [1.82, 2.24) is 20.5 Å². The summed E-state index contributed by atoms with van der Waals surface area (Å²) in [4.78, 5) is 27.5. The van der Waals surface area contributed by atoms with Crippen molar-refractivity contribution in [1.29, 1.82) is 0 Å². The fourth-order valence-electron chi connectivity index (χ4n) is 2.05. The standard InChI is InChI=1S/C17H15N5O3/c1-18-16(24)12-7-4-11(5-8-12)6-9-14(23)19-17-20-15(21-22-17)13-3-2-10-25-13/h2-10H,1H3,(H,18,24)(H2,19,20,21,22,23)/b9-6+. The number of nitrogens with zero attached hydrogens (tertiary/aromatic N) is 2. The van der Waals surface area contributed by atoms with E-state index in [1.54, 1.807) is 49.5 Å². The highest BCUT2D eigenvalue weighted by Crippen LogP contribution is 2.15. The predicted octanol–water partition coefficient (Wildman–Crippen LogP) is 2.08. The van der Waals surface area contributed by atoms with Crippen LogP contribution in [0.15, 0.2) is 53.2 Å². The number of aromatic amines is 1. The average Bonchev–Trinajstić information content (AvgIpc) is 3.31. The number of carbonyl (C=O) groups is 2. The van der Waals surface area contributed by atoms with Crippen LogP contribution in [-0.2, 0) is 4.79 Å². The Morgan fingerprint density at radius 1 is 1.20 bits per heavy atom. The SMILES string of the molecule is CNC(=O)c1ccc(/C=C/C(=O)Nc2n[nH]c(-c3ccco3)n2)cc1. The molecule has 0 aliphatic rings. The lowest BCUT2D eigenvalue weighted by molar-refractivity contribution is -0.111. The van der Waals surface area contributed by atoms with E-state index in [9.17, 15) is 9.59 Å². The Hall–Kier alpha value is -3.68. The zero-order chi connectivity index (χ0) is 17.6. The molecule has 8 heteroatoms. The third-order valence-electron chi connectivity index (χ3n) is 3.30. The highest BCUT2D eigenvalue weighted by molar-refractivity contribution is 6.01. The smallest absolute Gasteiger partial charge is 0.251 e. The van der Waals surface area contributed by atoms with Gasteiger partial charge >= 0.3 is 0 Å². The van der Waals surface area contributed by atoms with Gasteiger partial charge in [0.15, 0.2) is 11.6 Å². The fraction of sp³-hybridized carbons (Fsp3) is 0.0588. The molecule has 0 bridgehead atoms. The second-order valence-corrected chi connectivity index (χ2v) is 5.01. The van der Waals surface area contributed by atoms with E-state index in [1.807, 2.05) is 0 Å². The Bertz CT molecular complexity index is 895. The first-order valence-corrected chi connectivity index (χ1v) is 7.43. The molecule has 0 radical (unpaired) electrons. The Morgan fingerprint density at radius 3 is 2.68 bits per heavy atom. The number of H-pyrrole nitrogens is 1. The van der Waals surface area contributed by atoms with Crippen LogP contribution >= 0.6 is 0 Å². The van der Waals surface area contributed by atoms with Gasteiger partial charge < -0.3 is 9.73 Å². The molecule has 126 valence electrons. The molecule has 25 heavy (non-hydrogen) atoms. The molecule has 2 heterocycles. The minimum absolute atomic E-state index is 0.149. The van der Waals surface area contributed by atoms with Gasteiger partial charge in [0.1, 0.15) is 0 Å². The van der Waals surface area contributed by atoms with E-state index in [2.05, 4.69) is 25.8 Å². The summed E-state index contributed by atoms with van der Waals surface area (Å²) in [7, 11) is 1.57.